The normalized spacial score (nSPS) is 12.8. The van der Waals surface area contributed by atoms with Crippen molar-refractivity contribution in [3.8, 4) is 0 Å². The number of ether oxygens (including phenoxy) is 2. The van der Waals surface area contributed by atoms with Crippen LogP contribution in [0.25, 0.3) is 0 Å². The molecule has 0 aliphatic carbocycles. The first-order chi connectivity index (χ1) is 17.5. The molecule has 0 saturated heterocycles. The molecular formula is C30H54O5S. The number of rotatable bonds is 25. The Hall–Kier alpha value is -0.950. The van der Waals surface area contributed by atoms with E-state index in [2.05, 4.69) is 13.8 Å². The molecule has 0 amide bonds. The van der Waals surface area contributed by atoms with E-state index >= 15 is 0 Å². The van der Waals surface area contributed by atoms with E-state index in [1.54, 1.807) is 24.3 Å². The minimum absolute atomic E-state index is 0.0232. The third-order valence-corrected chi connectivity index (χ3v) is 7.81. The van der Waals surface area contributed by atoms with Crippen LogP contribution in [0.2, 0.25) is 0 Å². The van der Waals surface area contributed by atoms with Gasteiger partial charge in [0.1, 0.15) is 6.10 Å². The summed E-state index contributed by atoms with van der Waals surface area (Å²) >= 11 is 0. The Bertz CT molecular complexity index is 717. The predicted octanol–water partition coefficient (Wildman–Crippen LogP) is 8.38. The predicted molar refractivity (Wildman–Crippen MR) is 150 cm³/mol. The van der Waals surface area contributed by atoms with Crippen molar-refractivity contribution in [3.05, 3.63) is 29.8 Å². The molecule has 0 fully saturated rings. The molecular weight excluding hydrogens is 472 g/mol. The van der Waals surface area contributed by atoms with E-state index in [0.29, 0.717) is 19.8 Å². The molecule has 1 aromatic rings. The SMILES string of the molecule is CCCCCCCCCCOCC(COS(=O)(=O)c1ccc(C)cc1)OCCCCCCCCCC. The summed E-state index contributed by atoms with van der Waals surface area (Å²) in [5.41, 5.74) is 1.01. The van der Waals surface area contributed by atoms with Crippen molar-refractivity contribution in [1.29, 1.82) is 0 Å². The quantitative estimate of drug-likeness (QED) is 0.0945. The molecule has 1 aromatic carbocycles. The Morgan fingerprint density at radius 2 is 1.11 bits per heavy atom. The number of benzene rings is 1. The van der Waals surface area contributed by atoms with E-state index in [0.717, 1.165) is 24.8 Å². The molecule has 0 heterocycles. The van der Waals surface area contributed by atoms with Crippen molar-refractivity contribution in [2.75, 3.05) is 26.4 Å². The fraction of sp³-hybridized carbons (Fsp3) is 0.800. The van der Waals surface area contributed by atoms with Gasteiger partial charge in [0, 0.05) is 13.2 Å². The van der Waals surface area contributed by atoms with E-state index in [-0.39, 0.29) is 17.6 Å². The Morgan fingerprint density at radius 1 is 0.639 bits per heavy atom. The van der Waals surface area contributed by atoms with E-state index in [1.165, 1.54) is 83.5 Å². The van der Waals surface area contributed by atoms with Gasteiger partial charge in [-0.1, -0.05) is 121 Å². The van der Waals surface area contributed by atoms with Crippen LogP contribution in [0.15, 0.2) is 29.2 Å². The van der Waals surface area contributed by atoms with Crippen molar-refractivity contribution in [3.63, 3.8) is 0 Å². The highest BCUT2D eigenvalue weighted by molar-refractivity contribution is 7.86. The van der Waals surface area contributed by atoms with Gasteiger partial charge in [-0.3, -0.25) is 4.18 Å². The maximum Gasteiger partial charge on any atom is 0.297 e. The first kappa shape index (κ1) is 33.1. The summed E-state index contributed by atoms with van der Waals surface area (Å²) in [4.78, 5) is 0.176. The van der Waals surface area contributed by atoms with Crippen molar-refractivity contribution in [2.45, 2.75) is 135 Å². The smallest absolute Gasteiger partial charge is 0.297 e. The molecule has 0 aliphatic heterocycles. The first-order valence-corrected chi connectivity index (χ1v) is 16.1. The molecule has 0 saturated carbocycles. The second kappa shape index (κ2) is 22.1. The Kier molecular flexibility index (Phi) is 20.3. The number of aryl methyl sites for hydroxylation is 1. The second-order valence-electron chi connectivity index (χ2n) is 10.1. The van der Waals surface area contributed by atoms with Gasteiger partial charge in [-0.05, 0) is 31.9 Å². The number of hydrogen-bond donors (Lipinski definition) is 0. The Morgan fingerprint density at radius 3 is 1.64 bits per heavy atom. The molecule has 0 N–H and O–H groups in total. The minimum Gasteiger partial charge on any atom is -0.379 e. The highest BCUT2D eigenvalue weighted by atomic mass is 32.2. The lowest BCUT2D eigenvalue weighted by molar-refractivity contribution is -0.0379. The zero-order valence-corrected chi connectivity index (χ0v) is 24.3. The van der Waals surface area contributed by atoms with Crippen LogP contribution in [-0.4, -0.2) is 40.9 Å². The monoisotopic (exact) mass is 526 g/mol. The zero-order chi connectivity index (χ0) is 26.3. The number of unbranched alkanes of at least 4 members (excludes halogenated alkanes) is 14. The minimum atomic E-state index is -3.81. The van der Waals surface area contributed by atoms with E-state index in [1.807, 2.05) is 6.92 Å². The molecule has 1 unspecified atom stereocenters. The molecule has 1 rings (SSSR count). The lowest BCUT2D eigenvalue weighted by atomic mass is 10.1. The summed E-state index contributed by atoms with van der Waals surface area (Å²) in [6.07, 6.45) is 19.5. The number of hydrogen-bond acceptors (Lipinski definition) is 5. The molecule has 0 aliphatic rings. The highest BCUT2D eigenvalue weighted by Gasteiger charge is 2.19. The summed E-state index contributed by atoms with van der Waals surface area (Å²) in [5, 5.41) is 0. The maximum absolute atomic E-state index is 12.6. The maximum atomic E-state index is 12.6. The molecule has 210 valence electrons. The average Bonchev–Trinajstić information content (AvgIpc) is 2.87. The molecule has 0 aromatic heterocycles. The lowest BCUT2D eigenvalue weighted by Gasteiger charge is -2.18. The summed E-state index contributed by atoms with van der Waals surface area (Å²) < 4.78 is 42.4. The summed E-state index contributed by atoms with van der Waals surface area (Å²) in [7, 11) is -3.81. The third-order valence-electron chi connectivity index (χ3n) is 6.52. The summed E-state index contributed by atoms with van der Waals surface area (Å²) in [6, 6.07) is 6.72. The van der Waals surface area contributed by atoms with Crippen LogP contribution in [0.5, 0.6) is 0 Å². The van der Waals surface area contributed by atoms with Crippen molar-refractivity contribution in [2.24, 2.45) is 0 Å². The van der Waals surface area contributed by atoms with E-state index in [9.17, 15) is 8.42 Å². The Labute approximate surface area is 222 Å². The summed E-state index contributed by atoms with van der Waals surface area (Å²) in [6.45, 7) is 8.03. The highest BCUT2D eigenvalue weighted by Crippen LogP contribution is 2.15. The van der Waals surface area contributed by atoms with E-state index in [4.69, 9.17) is 13.7 Å². The van der Waals surface area contributed by atoms with Gasteiger partial charge in [-0.25, -0.2) is 0 Å². The fourth-order valence-corrected chi connectivity index (χ4v) is 5.06. The molecule has 36 heavy (non-hydrogen) atoms. The van der Waals surface area contributed by atoms with Crippen LogP contribution < -0.4 is 0 Å². The molecule has 1 atom stereocenters. The van der Waals surface area contributed by atoms with E-state index < -0.39 is 10.1 Å². The fourth-order valence-electron chi connectivity index (χ4n) is 4.12. The van der Waals surface area contributed by atoms with Crippen molar-refractivity contribution >= 4 is 10.1 Å². The van der Waals surface area contributed by atoms with Crippen molar-refractivity contribution < 1.29 is 22.1 Å². The van der Waals surface area contributed by atoms with Crippen LogP contribution in [0.3, 0.4) is 0 Å². The van der Waals surface area contributed by atoms with Gasteiger partial charge in [0.2, 0.25) is 0 Å². The third kappa shape index (κ3) is 17.5. The first-order valence-electron chi connectivity index (χ1n) is 14.6. The van der Waals surface area contributed by atoms with Gasteiger partial charge in [0.25, 0.3) is 10.1 Å². The Balaban J connectivity index is 2.35. The van der Waals surface area contributed by atoms with Gasteiger partial charge >= 0.3 is 0 Å². The van der Waals surface area contributed by atoms with Crippen molar-refractivity contribution in [1.82, 2.24) is 0 Å². The molecule has 0 spiro atoms. The van der Waals surface area contributed by atoms with Crippen LogP contribution in [-0.2, 0) is 23.8 Å². The average molecular weight is 527 g/mol. The molecule has 6 heteroatoms. The summed E-state index contributed by atoms with van der Waals surface area (Å²) in [5.74, 6) is 0. The molecule has 0 bridgehead atoms. The van der Waals surface area contributed by atoms with Crippen LogP contribution in [0, 0.1) is 6.92 Å². The van der Waals surface area contributed by atoms with Crippen LogP contribution in [0.1, 0.15) is 122 Å². The largest absolute Gasteiger partial charge is 0.379 e. The van der Waals surface area contributed by atoms with Gasteiger partial charge in [-0.2, -0.15) is 8.42 Å². The zero-order valence-electron chi connectivity index (χ0n) is 23.5. The van der Waals surface area contributed by atoms with Gasteiger partial charge in [-0.15, -0.1) is 0 Å². The second-order valence-corrected chi connectivity index (χ2v) is 11.7. The standard InChI is InChI=1S/C30H54O5S/c1-4-6-8-10-12-14-16-18-24-33-26-29(34-25-19-17-15-13-11-9-7-5-2)27-35-36(31,32)30-22-20-28(3)21-23-30/h20-23,29H,4-19,24-27H2,1-3H3. The molecule has 5 nitrogen and oxygen atoms in total. The topological polar surface area (TPSA) is 61.8 Å². The van der Waals surface area contributed by atoms with Crippen LogP contribution in [0.4, 0.5) is 0 Å². The van der Waals surface area contributed by atoms with Gasteiger partial charge in [0.05, 0.1) is 18.1 Å². The van der Waals surface area contributed by atoms with Crippen LogP contribution >= 0.6 is 0 Å². The molecule has 0 radical (unpaired) electrons. The van der Waals surface area contributed by atoms with Gasteiger partial charge < -0.3 is 9.47 Å². The van der Waals surface area contributed by atoms with Gasteiger partial charge in [0.15, 0.2) is 0 Å². The lowest BCUT2D eigenvalue weighted by Crippen LogP contribution is -2.28.